The van der Waals surface area contributed by atoms with Crippen molar-refractivity contribution in [2.24, 2.45) is 0 Å². The van der Waals surface area contributed by atoms with E-state index in [2.05, 4.69) is 16.0 Å². The number of nitrogens with zero attached hydrogens (tertiary/aromatic N) is 1. The second-order valence-corrected chi connectivity index (χ2v) is 6.45. The zero-order valence-corrected chi connectivity index (χ0v) is 15.1. The van der Waals surface area contributed by atoms with Crippen LogP contribution >= 0.6 is 11.3 Å². The predicted molar refractivity (Wildman–Crippen MR) is 96.0 cm³/mol. The number of ether oxygens (including phenoxy) is 1. The summed E-state index contributed by atoms with van der Waals surface area (Å²) in [5.41, 5.74) is 6.86. The number of hydrogen-bond acceptors (Lipinski definition) is 6. The molecule has 0 spiro atoms. The van der Waals surface area contributed by atoms with Gasteiger partial charge < -0.3 is 9.26 Å². The molecule has 3 aromatic rings. The highest BCUT2D eigenvalue weighted by atomic mass is 32.1. The molecule has 2 N–H and O–H groups in total. The molecule has 0 unspecified atom stereocenters. The zero-order chi connectivity index (χ0) is 18.5. The molecule has 0 radical (unpaired) electrons. The summed E-state index contributed by atoms with van der Waals surface area (Å²) in [6, 6.07) is 10.1. The summed E-state index contributed by atoms with van der Waals surface area (Å²) in [5, 5.41) is 5.67. The van der Waals surface area contributed by atoms with Crippen molar-refractivity contribution in [3.63, 3.8) is 0 Å². The lowest BCUT2D eigenvalue weighted by Gasteiger charge is -2.08. The molecule has 8 heteroatoms. The van der Waals surface area contributed by atoms with Crippen LogP contribution in [0.1, 0.15) is 37.0 Å². The molecule has 0 aliphatic heterocycles. The average molecular weight is 371 g/mol. The van der Waals surface area contributed by atoms with Gasteiger partial charge in [-0.1, -0.05) is 11.2 Å². The summed E-state index contributed by atoms with van der Waals surface area (Å²) in [4.78, 5) is 24.4. The van der Waals surface area contributed by atoms with Crippen molar-refractivity contribution in [1.82, 2.24) is 16.0 Å². The molecule has 0 aliphatic rings. The zero-order valence-electron chi connectivity index (χ0n) is 14.2. The number of nitrogens with one attached hydrogen (secondary N) is 2. The molecule has 3 rings (SSSR count). The first-order valence-corrected chi connectivity index (χ1v) is 8.71. The van der Waals surface area contributed by atoms with Crippen molar-refractivity contribution in [3.05, 3.63) is 69.2 Å². The van der Waals surface area contributed by atoms with Crippen LogP contribution in [0.3, 0.4) is 0 Å². The first kappa shape index (κ1) is 17.7. The fourth-order valence-electron chi connectivity index (χ4n) is 2.22. The first-order valence-electron chi connectivity index (χ1n) is 7.83. The van der Waals surface area contributed by atoms with Crippen LogP contribution in [0.4, 0.5) is 0 Å². The highest BCUT2D eigenvalue weighted by molar-refractivity contribution is 7.12. The van der Waals surface area contributed by atoms with Crippen molar-refractivity contribution in [3.8, 4) is 5.75 Å². The van der Waals surface area contributed by atoms with Gasteiger partial charge in [-0.25, -0.2) is 0 Å². The van der Waals surface area contributed by atoms with Crippen LogP contribution < -0.4 is 15.6 Å². The molecular weight excluding hydrogens is 354 g/mol. The SMILES string of the molecule is Cc1noc(C)c1COc1ccc(C(=O)NNC(=O)c2cccs2)cc1. The number of thiophene rings is 1. The molecule has 1 aromatic carbocycles. The van der Waals surface area contributed by atoms with Crippen molar-refractivity contribution in [1.29, 1.82) is 0 Å². The summed E-state index contributed by atoms with van der Waals surface area (Å²) in [7, 11) is 0. The Morgan fingerprint density at radius 1 is 1.12 bits per heavy atom. The Balaban J connectivity index is 1.53. The van der Waals surface area contributed by atoms with Crippen molar-refractivity contribution >= 4 is 23.2 Å². The number of carbonyl (C=O) groups excluding carboxylic acids is 2. The fraction of sp³-hybridized carbons (Fsp3) is 0.167. The van der Waals surface area contributed by atoms with Crippen LogP contribution in [0.2, 0.25) is 0 Å². The van der Waals surface area contributed by atoms with E-state index in [0.717, 1.165) is 17.0 Å². The van der Waals surface area contributed by atoms with E-state index in [0.29, 0.717) is 22.8 Å². The van der Waals surface area contributed by atoms with Crippen LogP contribution in [-0.4, -0.2) is 17.0 Å². The van der Waals surface area contributed by atoms with Crippen molar-refractivity contribution < 1.29 is 18.8 Å². The van der Waals surface area contributed by atoms with Gasteiger partial charge in [0.15, 0.2) is 0 Å². The second-order valence-electron chi connectivity index (χ2n) is 5.50. The molecule has 0 saturated heterocycles. The Hall–Kier alpha value is -3.13. The molecule has 134 valence electrons. The van der Waals surface area contributed by atoms with Gasteiger partial charge in [0.1, 0.15) is 18.1 Å². The third kappa shape index (κ3) is 4.09. The van der Waals surface area contributed by atoms with Gasteiger partial charge in [-0.3, -0.25) is 20.4 Å². The normalized spacial score (nSPS) is 10.4. The number of benzene rings is 1. The van der Waals surface area contributed by atoms with Crippen LogP contribution in [0.25, 0.3) is 0 Å². The van der Waals surface area contributed by atoms with E-state index in [1.807, 2.05) is 13.8 Å². The van der Waals surface area contributed by atoms with Gasteiger partial charge >= 0.3 is 0 Å². The molecule has 0 atom stereocenters. The van der Waals surface area contributed by atoms with Gasteiger partial charge in [-0.2, -0.15) is 0 Å². The van der Waals surface area contributed by atoms with Crippen molar-refractivity contribution in [2.45, 2.75) is 20.5 Å². The lowest BCUT2D eigenvalue weighted by Crippen LogP contribution is -2.41. The molecule has 0 aliphatic carbocycles. The predicted octanol–water partition coefficient (Wildman–Crippen LogP) is 3.01. The van der Waals surface area contributed by atoms with Gasteiger partial charge in [0.2, 0.25) is 0 Å². The van der Waals surface area contributed by atoms with Gasteiger partial charge in [-0.05, 0) is 49.6 Å². The number of amides is 2. The van der Waals surface area contributed by atoms with Gasteiger partial charge in [-0.15, -0.1) is 11.3 Å². The first-order chi connectivity index (χ1) is 12.5. The van der Waals surface area contributed by atoms with E-state index in [1.54, 1.807) is 41.8 Å². The minimum absolute atomic E-state index is 0.337. The number of aromatic nitrogens is 1. The van der Waals surface area contributed by atoms with Crippen LogP contribution in [0.15, 0.2) is 46.3 Å². The maximum atomic E-state index is 12.1. The Morgan fingerprint density at radius 2 is 1.85 bits per heavy atom. The largest absolute Gasteiger partial charge is 0.489 e. The van der Waals surface area contributed by atoms with Gasteiger partial charge in [0.05, 0.1) is 16.1 Å². The van der Waals surface area contributed by atoms with E-state index in [4.69, 9.17) is 9.26 Å². The van der Waals surface area contributed by atoms with Crippen LogP contribution in [-0.2, 0) is 6.61 Å². The third-order valence-electron chi connectivity index (χ3n) is 3.72. The molecule has 7 nitrogen and oxygen atoms in total. The Bertz CT molecular complexity index is 882. The lowest BCUT2D eigenvalue weighted by molar-refractivity contribution is 0.0849. The van der Waals surface area contributed by atoms with Gasteiger partial charge in [0, 0.05) is 5.56 Å². The summed E-state index contributed by atoms with van der Waals surface area (Å²) >= 11 is 1.30. The molecule has 2 amide bonds. The number of aryl methyl sites for hydroxylation is 2. The fourth-order valence-corrected chi connectivity index (χ4v) is 2.84. The number of carbonyl (C=O) groups is 2. The second kappa shape index (κ2) is 7.83. The van der Waals surface area contributed by atoms with Crippen LogP contribution in [0.5, 0.6) is 5.75 Å². The van der Waals surface area contributed by atoms with Crippen molar-refractivity contribution in [2.75, 3.05) is 0 Å². The quantitative estimate of drug-likeness (QED) is 0.673. The number of hydrogen-bond donors (Lipinski definition) is 2. The monoisotopic (exact) mass is 371 g/mol. The summed E-state index contributed by atoms with van der Waals surface area (Å²) in [6.45, 7) is 4.02. The molecule has 2 heterocycles. The smallest absolute Gasteiger partial charge is 0.279 e. The number of rotatable bonds is 5. The highest BCUT2D eigenvalue weighted by Gasteiger charge is 2.11. The minimum Gasteiger partial charge on any atom is -0.489 e. The maximum Gasteiger partial charge on any atom is 0.279 e. The topological polar surface area (TPSA) is 93.5 Å². The highest BCUT2D eigenvalue weighted by Crippen LogP contribution is 2.18. The standard InChI is InChI=1S/C18H17N3O4S/c1-11-15(12(2)25-21-11)10-24-14-7-5-13(6-8-14)17(22)19-20-18(23)16-4-3-9-26-16/h3-9H,10H2,1-2H3,(H,19,22)(H,20,23). The summed E-state index contributed by atoms with van der Waals surface area (Å²) < 4.78 is 10.8. The van der Waals surface area contributed by atoms with E-state index in [1.165, 1.54) is 11.3 Å². The molecule has 0 bridgehead atoms. The molecule has 26 heavy (non-hydrogen) atoms. The minimum atomic E-state index is -0.410. The van der Waals surface area contributed by atoms with Crippen LogP contribution in [0, 0.1) is 13.8 Å². The Morgan fingerprint density at radius 3 is 2.46 bits per heavy atom. The molecule has 0 saturated carbocycles. The summed E-state index contributed by atoms with van der Waals surface area (Å²) in [5.74, 6) is 0.573. The maximum absolute atomic E-state index is 12.1. The van der Waals surface area contributed by atoms with E-state index in [-0.39, 0.29) is 5.91 Å². The molecule has 2 aromatic heterocycles. The lowest BCUT2D eigenvalue weighted by atomic mass is 10.2. The average Bonchev–Trinajstić information content (AvgIpc) is 3.29. The summed E-state index contributed by atoms with van der Waals surface area (Å²) in [6.07, 6.45) is 0. The third-order valence-corrected chi connectivity index (χ3v) is 4.58. The molecular formula is C18H17N3O4S. The Kier molecular flexibility index (Phi) is 5.33. The van der Waals surface area contributed by atoms with E-state index < -0.39 is 5.91 Å². The molecule has 0 fully saturated rings. The van der Waals surface area contributed by atoms with E-state index >= 15 is 0 Å². The Labute approximate surface area is 153 Å². The van der Waals surface area contributed by atoms with Gasteiger partial charge in [0.25, 0.3) is 11.8 Å². The number of hydrazine groups is 1. The van der Waals surface area contributed by atoms with E-state index in [9.17, 15) is 9.59 Å².